The van der Waals surface area contributed by atoms with Crippen LogP contribution in [0.2, 0.25) is 0 Å². The highest BCUT2D eigenvalue weighted by Gasteiger charge is 2.52. The molecule has 0 amide bonds. The van der Waals surface area contributed by atoms with Crippen LogP contribution in [-0.2, 0) is 4.79 Å². The maximum Gasteiger partial charge on any atom is 0.279 e. The number of carbonyl (C=O) groups excluding carboxylic acids is 1. The quantitative estimate of drug-likeness (QED) is 0.237. The summed E-state index contributed by atoms with van der Waals surface area (Å²) in [4.78, 5) is 9.96. The first-order valence-corrected chi connectivity index (χ1v) is 3.33. The van der Waals surface area contributed by atoms with E-state index in [1.54, 1.807) is 0 Å². The minimum atomic E-state index is -3.36. The van der Waals surface area contributed by atoms with E-state index < -0.39 is 24.0 Å². The molecule has 0 spiro atoms. The third kappa shape index (κ3) is 1.79. The van der Waals surface area contributed by atoms with E-state index in [2.05, 4.69) is 0 Å². The van der Waals surface area contributed by atoms with Crippen LogP contribution in [0.3, 0.4) is 0 Å². The molecule has 0 unspecified atom stereocenters. The van der Waals surface area contributed by atoms with Crippen molar-refractivity contribution in [2.75, 3.05) is 0 Å². The third-order valence-corrected chi connectivity index (χ3v) is 1.56. The SMILES string of the molecule is CC[C@H](O)C(O)(O)C(O)(O)C=O. The van der Waals surface area contributed by atoms with Crippen LogP contribution < -0.4 is 0 Å². The zero-order valence-electron chi connectivity index (χ0n) is 6.51. The molecular weight excluding hydrogens is 168 g/mol. The monoisotopic (exact) mass is 180 g/mol. The van der Waals surface area contributed by atoms with E-state index in [1.165, 1.54) is 6.92 Å². The van der Waals surface area contributed by atoms with Crippen molar-refractivity contribution >= 4 is 6.29 Å². The number of carbonyl (C=O) groups is 1. The summed E-state index contributed by atoms with van der Waals surface area (Å²) in [6.45, 7) is 1.38. The molecule has 6 heteroatoms. The van der Waals surface area contributed by atoms with Crippen LogP contribution in [-0.4, -0.2) is 49.5 Å². The van der Waals surface area contributed by atoms with Gasteiger partial charge in [-0.3, -0.25) is 4.79 Å². The van der Waals surface area contributed by atoms with E-state index in [0.29, 0.717) is 0 Å². The Morgan fingerprint density at radius 3 is 2.00 bits per heavy atom. The Hall–Kier alpha value is -0.530. The Balaban J connectivity index is 4.70. The van der Waals surface area contributed by atoms with Gasteiger partial charge in [0.15, 0.2) is 6.29 Å². The number of rotatable bonds is 4. The van der Waals surface area contributed by atoms with Gasteiger partial charge in [-0.05, 0) is 6.42 Å². The van der Waals surface area contributed by atoms with Gasteiger partial charge in [0.05, 0.1) is 0 Å². The lowest BCUT2D eigenvalue weighted by Crippen LogP contribution is -2.62. The van der Waals surface area contributed by atoms with Crippen LogP contribution in [0.4, 0.5) is 0 Å². The molecule has 0 saturated carbocycles. The van der Waals surface area contributed by atoms with E-state index >= 15 is 0 Å². The molecule has 6 nitrogen and oxygen atoms in total. The summed E-state index contributed by atoms with van der Waals surface area (Å²) < 4.78 is 0. The molecule has 12 heavy (non-hydrogen) atoms. The summed E-state index contributed by atoms with van der Waals surface area (Å²) in [5.41, 5.74) is 0. The lowest BCUT2D eigenvalue weighted by Gasteiger charge is -2.33. The van der Waals surface area contributed by atoms with Crippen LogP contribution in [0.1, 0.15) is 13.3 Å². The molecular formula is C6H12O6. The Labute approximate surface area is 68.7 Å². The standard InChI is InChI=1S/C6H12O6/c1-2-4(8)6(11,12)5(9,10)3-7/h3-4,8-12H,2H2,1H3/t4-/m0/s1. The maximum atomic E-state index is 9.96. The molecule has 5 N–H and O–H groups in total. The van der Waals surface area contributed by atoms with Crippen molar-refractivity contribution in [3.8, 4) is 0 Å². The van der Waals surface area contributed by atoms with Crippen molar-refractivity contribution in [2.45, 2.75) is 31.0 Å². The molecule has 0 heterocycles. The summed E-state index contributed by atoms with van der Waals surface area (Å²) in [5, 5.41) is 44.0. The Morgan fingerprint density at radius 2 is 1.75 bits per heavy atom. The average Bonchev–Trinajstić information content (AvgIpc) is 2.02. The van der Waals surface area contributed by atoms with Crippen molar-refractivity contribution in [3.63, 3.8) is 0 Å². The second-order valence-electron chi connectivity index (χ2n) is 2.49. The van der Waals surface area contributed by atoms with E-state index in [9.17, 15) is 4.79 Å². The van der Waals surface area contributed by atoms with Gasteiger partial charge in [-0.2, -0.15) is 0 Å². The molecule has 0 aliphatic heterocycles. The number of aliphatic hydroxyl groups is 5. The van der Waals surface area contributed by atoms with Crippen LogP contribution >= 0.6 is 0 Å². The van der Waals surface area contributed by atoms with E-state index in [-0.39, 0.29) is 6.42 Å². The summed E-state index contributed by atoms with van der Waals surface area (Å²) in [6.07, 6.45) is -2.41. The highest BCUT2D eigenvalue weighted by molar-refractivity contribution is 5.61. The van der Waals surface area contributed by atoms with Crippen LogP contribution in [0.25, 0.3) is 0 Å². The smallest absolute Gasteiger partial charge is 0.279 e. The van der Waals surface area contributed by atoms with Gasteiger partial charge >= 0.3 is 0 Å². The van der Waals surface area contributed by atoms with Gasteiger partial charge in [-0.15, -0.1) is 0 Å². The molecule has 0 saturated heterocycles. The Morgan fingerprint density at radius 1 is 1.33 bits per heavy atom. The zero-order valence-corrected chi connectivity index (χ0v) is 6.51. The van der Waals surface area contributed by atoms with Gasteiger partial charge in [0, 0.05) is 0 Å². The van der Waals surface area contributed by atoms with E-state index in [0.717, 1.165) is 0 Å². The average molecular weight is 180 g/mol. The van der Waals surface area contributed by atoms with Crippen LogP contribution in [0, 0.1) is 0 Å². The van der Waals surface area contributed by atoms with Gasteiger partial charge in [0.25, 0.3) is 11.6 Å². The fourth-order valence-electron chi connectivity index (χ4n) is 0.617. The molecule has 0 aromatic heterocycles. The zero-order chi connectivity index (χ0) is 9.99. The summed E-state index contributed by atoms with van der Waals surface area (Å²) in [5.74, 6) is -6.61. The predicted molar refractivity (Wildman–Crippen MR) is 36.7 cm³/mol. The lowest BCUT2D eigenvalue weighted by atomic mass is 9.99. The van der Waals surface area contributed by atoms with Gasteiger partial charge in [-0.1, -0.05) is 6.92 Å². The molecule has 1 atom stereocenters. The van der Waals surface area contributed by atoms with E-state index in [4.69, 9.17) is 25.5 Å². The van der Waals surface area contributed by atoms with Crippen molar-refractivity contribution in [3.05, 3.63) is 0 Å². The lowest BCUT2D eigenvalue weighted by molar-refractivity contribution is -0.361. The molecule has 0 aromatic carbocycles. The maximum absolute atomic E-state index is 9.96. The second-order valence-corrected chi connectivity index (χ2v) is 2.49. The number of hydrogen-bond acceptors (Lipinski definition) is 6. The van der Waals surface area contributed by atoms with Crippen molar-refractivity contribution in [1.82, 2.24) is 0 Å². The first-order chi connectivity index (χ1) is 5.29. The molecule has 0 aliphatic rings. The van der Waals surface area contributed by atoms with Gasteiger partial charge in [0.2, 0.25) is 0 Å². The first kappa shape index (κ1) is 11.5. The summed E-state index contributed by atoms with van der Waals surface area (Å²) in [7, 11) is 0. The second kappa shape index (κ2) is 3.46. The van der Waals surface area contributed by atoms with Crippen LogP contribution in [0.5, 0.6) is 0 Å². The van der Waals surface area contributed by atoms with Crippen LogP contribution in [0.15, 0.2) is 0 Å². The molecule has 0 aromatic rings. The number of aldehydes is 1. The fourth-order valence-corrected chi connectivity index (χ4v) is 0.617. The number of aliphatic hydroxyl groups excluding tert-OH is 1. The summed E-state index contributed by atoms with van der Waals surface area (Å²) in [6, 6.07) is 0. The molecule has 0 aliphatic carbocycles. The number of hydrogen-bond donors (Lipinski definition) is 5. The highest BCUT2D eigenvalue weighted by Crippen LogP contribution is 2.20. The molecule has 0 bridgehead atoms. The van der Waals surface area contributed by atoms with Crippen molar-refractivity contribution < 1.29 is 30.3 Å². The Bertz CT molecular complexity index is 163. The predicted octanol–water partition coefficient (Wildman–Crippen LogP) is -2.68. The topological polar surface area (TPSA) is 118 Å². The molecule has 0 radical (unpaired) electrons. The Kier molecular flexibility index (Phi) is 3.31. The van der Waals surface area contributed by atoms with E-state index in [1.807, 2.05) is 0 Å². The third-order valence-electron chi connectivity index (χ3n) is 1.56. The minimum Gasteiger partial charge on any atom is -0.387 e. The summed E-state index contributed by atoms with van der Waals surface area (Å²) >= 11 is 0. The molecule has 0 fully saturated rings. The highest BCUT2D eigenvalue weighted by atomic mass is 16.6. The van der Waals surface area contributed by atoms with Crippen molar-refractivity contribution in [2.24, 2.45) is 0 Å². The van der Waals surface area contributed by atoms with Gasteiger partial charge in [0.1, 0.15) is 6.10 Å². The fraction of sp³-hybridized carbons (Fsp3) is 0.833. The molecule has 0 rings (SSSR count). The van der Waals surface area contributed by atoms with Crippen molar-refractivity contribution in [1.29, 1.82) is 0 Å². The van der Waals surface area contributed by atoms with Gasteiger partial charge in [-0.25, -0.2) is 0 Å². The normalized spacial score (nSPS) is 15.8. The van der Waals surface area contributed by atoms with Gasteiger partial charge < -0.3 is 25.5 Å². The first-order valence-electron chi connectivity index (χ1n) is 3.33. The largest absolute Gasteiger partial charge is 0.387 e. The minimum absolute atomic E-state index is 0.135. The molecule has 72 valence electrons.